The molecule has 1 saturated carbocycles. The van der Waals surface area contributed by atoms with Crippen LogP contribution in [0.25, 0.3) is 0 Å². The molecule has 0 N–H and O–H groups in total. The molecule has 0 bridgehead atoms. The van der Waals surface area contributed by atoms with E-state index in [1.165, 1.54) is 11.8 Å². The summed E-state index contributed by atoms with van der Waals surface area (Å²) in [6.45, 7) is 16.3. The highest BCUT2D eigenvalue weighted by molar-refractivity contribution is 8.14. The molecule has 0 saturated heterocycles. The van der Waals surface area contributed by atoms with Crippen LogP contribution in [0.3, 0.4) is 0 Å². The smallest absolute Gasteiger partial charge is 0.192 e. The molecule has 0 amide bonds. The number of carbonyl (C=O) groups is 2. The number of ketones is 1. The number of Topliss-reactive ketones (excluding diaryl/α,β-unsaturated/α-hetero) is 1. The number of hydrogen-bond donors (Lipinski definition) is 0. The van der Waals surface area contributed by atoms with Gasteiger partial charge in [0.1, 0.15) is 5.78 Å². The largest absolute Gasteiger partial charge is 0.299 e. The lowest BCUT2D eigenvalue weighted by Crippen LogP contribution is -2.37. The van der Waals surface area contributed by atoms with Crippen molar-refractivity contribution in [1.29, 1.82) is 0 Å². The molecule has 0 aromatic rings. The van der Waals surface area contributed by atoms with Crippen LogP contribution < -0.4 is 0 Å². The lowest BCUT2D eigenvalue weighted by Gasteiger charge is -2.36. The van der Waals surface area contributed by atoms with Gasteiger partial charge in [0.05, 0.1) is 0 Å². The predicted molar refractivity (Wildman–Crippen MR) is 105 cm³/mol. The SMILES string of the molecule is C=C(C)C[C@@]1(C)C(=O)CC[C@@H]1[C@@H](CC/C=C/C)C(=O)SC(C)(C)C. The molecule has 1 fully saturated rings. The van der Waals surface area contributed by atoms with Crippen LogP contribution in [0.4, 0.5) is 0 Å². The van der Waals surface area contributed by atoms with Crippen molar-refractivity contribution in [3.05, 3.63) is 24.3 Å². The van der Waals surface area contributed by atoms with Gasteiger partial charge in [-0.3, -0.25) is 9.59 Å². The Morgan fingerprint density at radius 3 is 2.58 bits per heavy atom. The van der Waals surface area contributed by atoms with Crippen molar-refractivity contribution in [3.63, 3.8) is 0 Å². The minimum Gasteiger partial charge on any atom is -0.299 e. The molecule has 136 valence electrons. The van der Waals surface area contributed by atoms with Gasteiger partial charge in [0, 0.05) is 22.5 Å². The van der Waals surface area contributed by atoms with Crippen molar-refractivity contribution < 1.29 is 9.59 Å². The van der Waals surface area contributed by atoms with Crippen LogP contribution in [-0.4, -0.2) is 15.6 Å². The van der Waals surface area contributed by atoms with Gasteiger partial charge in [0.15, 0.2) is 5.12 Å². The third kappa shape index (κ3) is 5.61. The first kappa shape index (κ1) is 21.2. The minimum atomic E-state index is -0.430. The number of thioether (sulfide) groups is 1. The van der Waals surface area contributed by atoms with Crippen molar-refractivity contribution >= 4 is 22.7 Å². The molecule has 0 heterocycles. The Bertz CT molecular complexity index is 512. The Balaban J connectivity index is 3.09. The van der Waals surface area contributed by atoms with Crippen molar-refractivity contribution in [2.45, 2.75) is 78.4 Å². The number of allylic oxidation sites excluding steroid dienone is 3. The van der Waals surface area contributed by atoms with Gasteiger partial charge >= 0.3 is 0 Å². The fraction of sp³-hybridized carbons (Fsp3) is 0.714. The first-order chi connectivity index (χ1) is 11.0. The molecule has 3 heteroatoms. The highest BCUT2D eigenvalue weighted by Gasteiger charge is 2.50. The summed E-state index contributed by atoms with van der Waals surface area (Å²) in [5.41, 5.74) is 0.599. The van der Waals surface area contributed by atoms with Crippen LogP contribution >= 0.6 is 11.8 Å². The molecule has 0 aromatic carbocycles. The molecule has 0 aliphatic heterocycles. The summed E-state index contributed by atoms with van der Waals surface area (Å²) < 4.78 is -0.0940. The van der Waals surface area contributed by atoms with Gasteiger partial charge < -0.3 is 0 Å². The van der Waals surface area contributed by atoms with E-state index in [1.807, 2.05) is 19.9 Å². The topological polar surface area (TPSA) is 34.1 Å². The summed E-state index contributed by atoms with van der Waals surface area (Å²) in [6, 6.07) is 0. The third-order valence-electron chi connectivity index (χ3n) is 4.88. The summed E-state index contributed by atoms with van der Waals surface area (Å²) in [7, 11) is 0. The van der Waals surface area contributed by atoms with Gasteiger partial charge in [-0.05, 0) is 45.4 Å². The van der Waals surface area contributed by atoms with E-state index in [0.717, 1.165) is 24.8 Å². The normalized spacial score (nSPS) is 26.1. The third-order valence-corrected chi connectivity index (χ3v) is 6.00. The van der Waals surface area contributed by atoms with Gasteiger partial charge in [-0.15, -0.1) is 6.58 Å². The second kappa shape index (κ2) is 8.51. The molecule has 1 aliphatic carbocycles. The van der Waals surface area contributed by atoms with Gasteiger partial charge in [-0.2, -0.15) is 0 Å². The lowest BCUT2D eigenvalue weighted by atomic mass is 9.68. The zero-order chi connectivity index (χ0) is 18.5. The lowest BCUT2D eigenvalue weighted by molar-refractivity contribution is -0.128. The van der Waals surface area contributed by atoms with Crippen LogP contribution in [0.1, 0.15) is 73.6 Å². The molecule has 3 atom stereocenters. The van der Waals surface area contributed by atoms with Gasteiger partial charge in [0.2, 0.25) is 0 Å². The van der Waals surface area contributed by atoms with Crippen LogP contribution in [0.5, 0.6) is 0 Å². The molecule has 0 radical (unpaired) electrons. The fourth-order valence-corrected chi connectivity index (χ4v) is 4.94. The Morgan fingerprint density at radius 1 is 1.46 bits per heavy atom. The molecular formula is C21H34O2S. The second-order valence-electron chi connectivity index (χ2n) is 8.41. The molecule has 1 aliphatic rings. The van der Waals surface area contributed by atoms with E-state index >= 15 is 0 Å². The fourth-order valence-electron chi connectivity index (χ4n) is 3.90. The van der Waals surface area contributed by atoms with Crippen LogP contribution in [-0.2, 0) is 9.59 Å². The molecule has 0 spiro atoms. The number of carbonyl (C=O) groups excluding carboxylic acids is 2. The molecule has 0 aromatic heterocycles. The summed E-state index contributed by atoms with van der Waals surface area (Å²) in [5.74, 6) is 0.385. The van der Waals surface area contributed by atoms with Crippen LogP contribution in [0.2, 0.25) is 0 Å². The maximum Gasteiger partial charge on any atom is 0.192 e. The van der Waals surface area contributed by atoms with Gasteiger partial charge in [0.25, 0.3) is 0 Å². The Kier molecular flexibility index (Phi) is 7.52. The van der Waals surface area contributed by atoms with E-state index in [1.54, 1.807) is 0 Å². The molecular weight excluding hydrogens is 316 g/mol. The van der Waals surface area contributed by atoms with E-state index in [2.05, 4.69) is 40.3 Å². The van der Waals surface area contributed by atoms with Crippen LogP contribution in [0, 0.1) is 17.3 Å². The number of rotatable bonds is 7. The highest BCUT2D eigenvalue weighted by Crippen LogP contribution is 2.50. The Morgan fingerprint density at radius 2 is 2.08 bits per heavy atom. The summed E-state index contributed by atoms with van der Waals surface area (Å²) in [6.07, 6.45) is 8.01. The van der Waals surface area contributed by atoms with E-state index in [-0.39, 0.29) is 21.7 Å². The van der Waals surface area contributed by atoms with Crippen molar-refractivity contribution in [2.24, 2.45) is 17.3 Å². The van der Waals surface area contributed by atoms with Crippen molar-refractivity contribution in [2.75, 3.05) is 0 Å². The molecule has 0 unspecified atom stereocenters. The van der Waals surface area contributed by atoms with Crippen LogP contribution in [0.15, 0.2) is 24.3 Å². The van der Waals surface area contributed by atoms with Gasteiger partial charge in [-0.25, -0.2) is 0 Å². The predicted octanol–water partition coefficient (Wildman–Crippen LogP) is 5.97. The molecule has 24 heavy (non-hydrogen) atoms. The van der Waals surface area contributed by atoms with Gasteiger partial charge in [-0.1, -0.05) is 57.2 Å². The van der Waals surface area contributed by atoms with Crippen molar-refractivity contribution in [1.82, 2.24) is 0 Å². The monoisotopic (exact) mass is 350 g/mol. The Hall–Kier alpha value is -0.830. The summed E-state index contributed by atoms with van der Waals surface area (Å²) >= 11 is 1.43. The van der Waals surface area contributed by atoms with E-state index in [0.29, 0.717) is 18.6 Å². The van der Waals surface area contributed by atoms with E-state index in [4.69, 9.17) is 0 Å². The van der Waals surface area contributed by atoms with E-state index < -0.39 is 5.41 Å². The zero-order valence-electron chi connectivity index (χ0n) is 16.3. The minimum absolute atomic E-state index is 0.0544. The second-order valence-corrected chi connectivity index (χ2v) is 10.2. The maximum absolute atomic E-state index is 13.0. The summed E-state index contributed by atoms with van der Waals surface area (Å²) in [5, 5.41) is 0.250. The Labute approximate surface area is 152 Å². The average molecular weight is 351 g/mol. The molecule has 2 nitrogen and oxygen atoms in total. The quantitative estimate of drug-likeness (QED) is 0.531. The molecule has 1 rings (SSSR count). The first-order valence-corrected chi connectivity index (χ1v) is 9.84. The zero-order valence-corrected chi connectivity index (χ0v) is 17.1. The van der Waals surface area contributed by atoms with Crippen molar-refractivity contribution in [3.8, 4) is 0 Å². The maximum atomic E-state index is 13.0. The highest BCUT2D eigenvalue weighted by atomic mass is 32.2. The standard InChI is InChI=1S/C21H34O2S/c1-8-9-10-11-16(19(23)24-20(4,5)6)17-12-13-18(22)21(17,7)14-15(2)3/h8-9,16-17H,2,10-14H2,1,3-7H3/b9-8+/t16-,17-,21-/m1/s1. The number of hydrogen-bond acceptors (Lipinski definition) is 3. The summed E-state index contributed by atoms with van der Waals surface area (Å²) in [4.78, 5) is 25.6. The first-order valence-electron chi connectivity index (χ1n) is 9.03. The van der Waals surface area contributed by atoms with E-state index in [9.17, 15) is 9.59 Å². The average Bonchev–Trinajstić information content (AvgIpc) is 2.68.